The summed E-state index contributed by atoms with van der Waals surface area (Å²) in [5, 5.41) is 0. The maximum Gasteiger partial charge on any atom is 0.328 e. The highest BCUT2D eigenvalue weighted by molar-refractivity contribution is 7.99. The van der Waals surface area contributed by atoms with Gasteiger partial charge in [-0.1, -0.05) is 0 Å². The second kappa shape index (κ2) is 3.08. The smallest absolute Gasteiger partial charge is 0.328 e. The van der Waals surface area contributed by atoms with Crippen molar-refractivity contribution in [1.29, 1.82) is 0 Å². The fraction of sp³-hybridized carbons (Fsp3) is 0.800. The van der Waals surface area contributed by atoms with Crippen LogP contribution in [0.15, 0.2) is 0 Å². The maximum atomic E-state index is 10.7. The lowest BCUT2D eigenvalue weighted by Crippen LogP contribution is -2.20. The van der Waals surface area contributed by atoms with Crippen molar-refractivity contribution in [1.82, 2.24) is 0 Å². The van der Waals surface area contributed by atoms with E-state index < -0.39 is 0 Å². The van der Waals surface area contributed by atoms with E-state index >= 15 is 0 Å². The first-order chi connectivity index (χ1) is 4.34. The molecule has 0 radical (unpaired) electrons. The summed E-state index contributed by atoms with van der Waals surface area (Å²) in [5.74, 6) is 6.41. The summed E-state index contributed by atoms with van der Waals surface area (Å²) < 4.78 is 0. The zero-order chi connectivity index (χ0) is 6.69. The number of hydrogen-bond acceptors (Lipinski definition) is 4. The van der Waals surface area contributed by atoms with Crippen LogP contribution >= 0.6 is 11.8 Å². The van der Waals surface area contributed by atoms with E-state index in [2.05, 4.69) is 4.84 Å². The van der Waals surface area contributed by atoms with Crippen molar-refractivity contribution >= 4 is 17.7 Å². The van der Waals surface area contributed by atoms with Crippen LogP contribution in [-0.2, 0) is 9.63 Å². The molecule has 1 heterocycles. The number of nitrogens with two attached hydrogens (primary N) is 1. The average molecular weight is 147 g/mol. The number of carbonyl (C=O) groups is 1. The Morgan fingerprint density at radius 3 is 3.00 bits per heavy atom. The second-order valence-electron chi connectivity index (χ2n) is 2.00. The number of carbonyl (C=O) groups excluding carboxylic acids is 1. The fourth-order valence-corrected chi connectivity index (χ4v) is 2.02. The van der Waals surface area contributed by atoms with Crippen molar-refractivity contribution in [2.45, 2.75) is 6.42 Å². The van der Waals surface area contributed by atoms with Crippen molar-refractivity contribution < 1.29 is 9.63 Å². The minimum absolute atomic E-state index is 0.0556. The van der Waals surface area contributed by atoms with Crippen LogP contribution < -0.4 is 5.90 Å². The average Bonchev–Trinajstić information content (AvgIpc) is 2.37. The van der Waals surface area contributed by atoms with Gasteiger partial charge in [0.2, 0.25) is 0 Å². The van der Waals surface area contributed by atoms with Crippen molar-refractivity contribution in [2.24, 2.45) is 11.8 Å². The van der Waals surface area contributed by atoms with Gasteiger partial charge in [0.25, 0.3) is 0 Å². The molecule has 1 aliphatic heterocycles. The molecule has 3 nitrogen and oxygen atoms in total. The number of hydrogen-bond donors (Lipinski definition) is 1. The minimum Gasteiger partial charge on any atom is -0.373 e. The van der Waals surface area contributed by atoms with Gasteiger partial charge < -0.3 is 4.84 Å². The molecule has 9 heavy (non-hydrogen) atoms. The first-order valence-electron chi connectivity index (χ1n) is 2.83. The molecule has 1 atom stereocenters. The summed E-state index contributed by atoms with van der Waals surface area (Å²) in [6.45, 7) is 0. The molecule has 0 bridgehead atoms. The first-order valence-corrected chi connectivity index (χ1v) is 3.98. The normalized spacial score (nSPS) is 26.1. The lowest BCUT2D eigenvalue weighted by Gasteiger charge is -2.01. The van der Waals surface area contributed by atoms with Crippen molar-refractivity contribution in [2.75, 3.05) is 11.5 Å². The Labute approximate surface area is 57.9 Å². The van der Waals surface area contributed by atoms with Gasteiger partial charge in [-0.3, -0.25) is 4.79 Å². The monoisotopic (exact) mass is 147 g/mol. The van der Waals surface area contributed by atoms with E-state index in [1.807, 2.05) is 0 Å². The Kier molecular flexibility index (Phi) is 2.36. The van der Waals surface area contributed by atoms with Gasteiger partial charge in [0.1, 0.15) is 0 Å². The van der Waals surface area contributed by atoms with E-state index in [4.69, 9.17) is 5.90 Å². The molecule has 52 valence electrons. The van der Waals surface area contributed by atoms with Crippen LogP contribution in [0.25, 0.3) is 0 Å². The molecular formula is C5H9NO2S. The Hall–Kier alpha value is -0.220. The fourth-order valence-electron chi connectivity index (χ4n) is 0.817. The second-order valence-corrected chi connectivity index (χ2v) is 3.15. The third-order valence-corrected chi connectivity index (χ3v) is 2.54. The van der Waals surface area contributed by atoms with Gasteiger partial charge >= 0.3 is 5.97 Å². The van der Waals surface area contributed by atoms with E-state index in [9.17, 15) is 4.79 Å². The summed E-state index contributed by atoms with van der Waals surface area (Å²) >= 11 is 1.77. The quantitative estimate of drug-likeness (QED) is 0.537. The topological polar surface area (TPSA) is 52.3 Å². The highest BCUT2D eigenvalue weighted by Crippen LogP contribution is 2.23. The van der Waals surface area contributed by atoms with Crippen molar-refractivity contribution in [3.63, 3.8) is 0 Å². The Morgan fingerprint density at radius 2 is 2.56 bits per heavy atom. The highest BCUT2D eigenvalue weighted by Gasteiger charge is 2.23. The van der Waals surface area contributed by atoms with E-state index in [1.54, 1.807) is 11.8 Å². The number of rotatable bonds is 1. The highest BCUT2D eigenvalue weighted by atomic mass is 32.2. The molecule has 0 aromatic heterocycles. The van der Waals surface area contributed by atoms with E-state index in [-0.39, 0.29) is 11.9 Å². The van der Waals surface area contributed by atoms with Gasteiger partial charge in [-0.05, 0) is 12.2 Å². The molecule has 0 spiro atoms. The maximum absolute atomic E-state index is 10.7. The predicted molar refractivity (Wildman–Crippen MR) is 35.7 cm³/mol. The minimum atomic E-state index is -0.264. The third kappa shape index (κ3) is 1.59. The lowest BCUT2D eigenvalue weighted by atomic mass is 10.1. The standard InChI is InChI=1S/C5H9NO2S/c6-8-5(7)4-1-2-9-3-4/h4H,1-3,6H2. The van der Waals surface area contributed by atoms with Gasteiger partial charge in [-0.25, -0.2) is 0 Å². The van der Waals surface area contributed by atoms with Crippen LogP contribution in [-0.4, -0.2) is 17.5 Å². The Morgan fingerprint density at radius 1 is 1.78 bits per heavy atom. The van der Waals surface area contributed by atoms with Gasteiger partial charge in [0.05, 0.1) is 5.92 Å². The molecule has 1 aliphatic rings. The summed E-state index contributed by atoms with van der Waals surface area (Å²) in [5.41, 5.74) is 0. The molecule has 2 N–H and O–H groups in total. The first kappa shape index (κ1) is 6.89. The van der Waals surface area contributed by atoms with Gasteiger partial charge in [0.15, 0.2) is 0 Å². The van der Waals surface area contributed by atoms with Crippen LogP contribution in [0.5, 0.6) is 0 Å². The van der Waals surface area contributed by atoms with Crippen LogP contribution in [0.3, 0.4) is 0 Å². The molecule has 4 heteroatoms. The molecule has 0 amide bonds. The Balaban J connectivity index is 2.32. The largest absolute Gasteiger partial charge is 0.373 e. The van der Waals surface area contributed by atoms with Crippen LogP contribution in [0.4, 0.5) is 0 Å². The van der Waals surface area contributed by atoms with Crippen LogP contribution in [0, 0.1) is 5.92 Å². The van der Waals surface area contributed by atoms with E-state index in [0.717, 1.165) is 17.9 Å². The predicted octanol–water partition coefficient (Wildman–Crippen LogP) is 0.156. The third-order valence-electron chi connectivity index (χ3n) is 1.38. The summed E-state index contributed by atoms with van der Waals surface area (Å²) in [4.78, 5) is 14.7. The molecule has 1 saturated heterocycles. The summed E-state index contributed by atoms with van der Waals surface area (Å²) in [6.07, 6.45) is 0.917. The zero-order valence-electron chi connectivity index (χ0n) is 5.00. The Bertz CT molecular complexity index is 112. The molecule has 0 saturated carbocycles. The lowest BCUT2D eigenvalue weighted by molar-refractivity contribution is -0.148. The molecule has 1 unspecified atom stereocenters. The van der Waals surface area contributed by atoms with Crippen molar-refractivity contribution in [3.8, 4) is 0 Å². The molecule has 1 rings (SSSR count). The van der Waals surface area contributed by atoms with Gasteiger partial charge in [0, 0.05) is 5.75 Å². The molecule has 0 aliphatic carbocycles. The molecular weight excluding hydrogens is 138 g/mol. The summed E-state index contributed by atoms with van der Waals surface area (Å²) in [6, 6.07) is 0. The zero-order valence-corrected chi connectivity index (χ0v) is 5.82. The molecule has 0 aromatic rings. The van der Waals surface area contributed by atoms with Crippen molar-refractivity contribution in [3.05, 3.63) is 0 Å². The summed E-state index contributed by atoms with van der Waals surface area (Å²) in [7, 11) is 0. The van der Waals surface area contributed by atoms with E-state index in [0.29, 0.717) is 0 Å². The van der Waals surface area contributed by atoms with Gasteiger partial charge in [-0.2, -0.15) is 17.7 Å². The SMILES string of the molecule is NOC(=O)C1CCSC1. The number of thioether (sulfide) groups is 1. The molecule has 1 fully saturated rings. The van der Waals surface area contributed by atoms with Crippen LogP contribution in [0.1, 0.15) is 6.42 Å². The molecule has 0 aromatic carbocycles. The van der Waals surface area contributed by atoms with E-state index in [1.165, 1.54) is 0 Å². The van der Waals surface area contributed by atoms with Gasteiger partial charge in [-0.15, -0.1) is 0 Å². The van der Waals surface area contributed by atoms with Crippen LogP contribution in [0.2, 0.25) is 0 Å².